The maximum Gasteiger partial charge on any atom is 0.328 e. The van der Waals surface area contributed by atoms with Gasteiger partial charge in [0.05, 0.1) is 11.6 Å². The number of nitrogens with zero attached hydrogens (tertiary/aromatic N) is 7. The quantitative estimate of drug-likeness (QED) is 0.0852. The SMILES string of the molecule is Cc1cc(C)c(Oc2nc(NCCNc3nc(Nc4cccc(C#N)c4)nc(Oc4c(C)cc(C)cc4C)n3)nc(Nc3ccccc3)n2)c(C)c1. The number of ether oxygens (including phenoxy) is 2. The van der Waals surface area contributed by atoms with Gasteiger partial charge in [-0.15, -0.1) is 0 Å². The third-order valence-electron chi connectivity index (χ3n) is 7.79. The van der Waals surface area contributed by atoms with Gasteiger partial charge in [0.1, 0.15) is 11.5 Å². The maximum absolute atomic E-state index is 9.37. The number of nitrogens with one attached hydrogen (secondary N) is 4. The van der Waals surface area contributed by atoms with E-state index in [1.165, 1.54) is 0 Å². The first-order chi connectivity index (χ1) is 25.1. The van der Waals surface area contributed by atoms with Crippen molar-refractivity contribution in [3.05, 3.63) is 118 Å². The number of rotatable bonds is 13. The first-order valence-electron chi connectivity index (χ1n) is 16.7. The molecule has 0 aliphatic carbocycles. The van der Waals surface area contributed by atoms with Crippen LogP contribution in [0.3, 0.4) is 0 Å². The fraction of sp³-hybridized carbons (Fsp3) is 0.205. The minimum atomic E-state index is 0.108. The lowest BCUT2D eigenvalue weighted by molar-refractivity contribution is 0.434. The summed E-state index contributed by atoms with van der Waals surface area (Å²) in [5.41, 5.74) is 8.13. The summed E-state index contributed by atoms with van der Waals surface area (Å²) in [5.74, 6) is 2.54. The Labute approximate surface area is 302 Å². The lowest BCUT2D eigenvalue weighted by Crippen LogP contribution is -2.18. The molecule has 262 valence electrons. The van der Waals surface area contributed by atoms with Gasteiger partial charge in [0, 0.05) is 24.5 Å². The average Bonchev–Trinajstić information content (AvgIpc) is 3.10. The molecule has 2 aromatic heterocycles. The lowest BCUT2D eigenvalue weighted by Gasteiger charge is -2.15. The molecule has 0 spiro atoms. The number of benzene rings is 4. The summed E-state index contributed by atoms with van der Waals surface area (Å²) in [6, 6.07) is 27.3. The molecule has 0 atom stereocenters. The van der Waals surface area contributed by atoms with Crippen LogP contribution < -0.4 is 30.7 Å². The Hall–Kier alpha value is -6.81. The minimum absolute atomic E-state index is 0.108. The van der Waals surface area contributed by atoms with E-state index in [2.05, 4.69) is 69.4 Å². The molecule has 0 aliphatic heterocycles. The molecule has 0 radical (unpaired) electrons. The highest BCUT2D eigenvalue weighted by atomic mass is 16.5. The zero-order chi connectivity index (χ0) is 36.6. The van der Waals surface area contributed by atoms with Crippen LogP contribution in [-0.4, -0.2) is 43.0 Å². The number of para-hydroxylation sites is 1. The van der Waals surface area contributed by atoms with Gasteiger partial charge in [0.25, 0.3) is 0 Å². The van der Waals surface area contributed by atoms with Crippen molar-refractivity contribution in [2.24, 2.45) is 0 Å². The van der Waals surface area contributed by atoms with Crippen molar-refractivity contribution >= 4 is 35.2 Å². The zero-order valence-corrected chi connectivity index (χ0v) is 29.9. The van der Waals surface area contributed by atoms with Crippen LogP contribution in [0.2, 0.25) is 0 Å². The highest BCUT2D eigenvalue weighted by molar-refractivity contribution is 5.58. The summed E-state index contributed by atoms with van der Waals surface area (Å²) in [6.07, 6.45) is 0. The Balaban J connectivity index is 1.21. The third-order valence-corrected chi connectivity index (χ3v) is 7.79. The van der Waals surface area contributed by atoms with Crippen molar-refractivity contribution < 1.29 is 9.47 Å². The number of hydrogen-bond donors (Lipinski definition) is 4. The summed E-state index contributed by atoms with van der Waals surface area (Å²) in [6.45, 7) is 12.8. The van der Waals surface area contributed by atoms with E-state index in [9.17, 15) is 5.26 Å². The van der Waals surface area contributed by atoms with E-state index in [1.807, 2.05) is 90.1 Å². The standard InChI is InChI=1S/C39H39N11O2/c1-23-17-25(3)32(26(4)18-23)51-38-47-34(45-36(49-38)43-30-12-8-7-9-13-30)41-15-16-42-35-46-37(44-31-14-10-11-29(21-31)22-40)50-39(48-35)52-33-27(5)19-24(2)20-28(33)6/h7-14,17-21H,15-16H2,1-6H3,(H2,41,43,45,47,49)(H2,42,44,46,48,50). The van der Waals surface area contributed by atoms with Crippen molar-refractivity contribution in [1.29, 1.82) is 5.26 Å². The summed E-state index contributed by atoms with van der Waals surface area (Å²) in [4.78, 5) is 27.3. The predicted molar refractivity (Wildman–Crippen MR) is 202 cm³/mol. The van der Waals surface area contributed by atoms with Crippen LogP contribution in [0.1, 0.15) is 38.9 Å². The molecule has 13 heteroatoms. The van der Waals surface area contributed by atoms with E-state index in [0.717, 1.165) is 39.1 Å². The van der Waals surface area contributed by atoms with Gasteiger partial charge in [-0.25, -0.2) is 0 Å². The van der Waals surface area contributed by atoms with Crippen LogP contribution in [0.5, 0.6) is 23.5 Å². The zero-order valence-electron chi connectivity index (χ0n) is 29.9. The molecule has 4 aromatic carbocycles. The van der Waals surface area contributed by atoms with Gasteiger partial charge in [0.15, 0.2) is 0 Å². The fourth-order valence-corrected chi connectivity index (χ4v) is 5.71. The summed E-state index contributed by atoms with van der Waals surface area (Å²) in [5, 5.41) is 22.3. The second kappa shape index (κ2) is 15.8. The normalized spacial score (nSPS) is 10.6. The third kappa shape index (κ3) is 9.05. The molecule has 0 saturated carbocycles. The molecule has 0 fully saturated rings. The largest absolute Gasteiger partial charge is 0.424 e. The van der Waals surface area contributed by atoms with Crippen molar-refractivity contribution in [3.63, 3.8) is 0 Å². The molecule has 6 rings (SSSR count). The molecule has 0 bridgehead atoms. The number of aryl methyl sites for hydroxylation is 6. The lowest BCUT2D eigenvalue weighted by atomic mass is 10.1. The summed E-state index contributed by atoms with van der Waals surface area (Å²) in [7, 11) is 0. The second-order valence-electron chi connectivity index (χ2n) is 12.4. The first-order valence-corrected chi connectivity index (χ1v) is 16.7. The Morgan fingerprint density at radius 2 is 0.962 bits per heavy atom. The van der Waals surface area contributed by atoms with Crippen LogP contribution in [0.15, 0.2) is 78.9 Å². The van der Waals surface area contributed by atoms with E-state index < -0.39 is 0 Å². The second-order valence-corrected chi connectivity index (χ2v) is 12.4. The Bertz CT molecular complexity index is 2210. The van der Waals surface area contributed by atoms with Gasteiger partial charge in [-0.05, 0) is 94.1 Å². The fourth-order valence-electron chi connectivity index (χ4n) is 5.71. The highest BCUT2D eigenvalue weighted by Gasteiger charge is 2.15. The number of hydrogen-bond acceptors (Lipinski definition) is 13. The Morgan fingerprint density at radius 3 is 1.44 bits per heavy atom. The average molecular weight is 694 g/mol. The molecule has 0 saturated heterocycles. The van der Waals surface area contributed by atoms with Gasteiger partial charge in [-0.3, -0.25) is 0 Å². The van der Waals surface area contributed by atoms with Crippen LogP contribution >= 0.6 is 0 Å². The molecule has 2 heterocycles. The van der Waals surface area contributed by atoms with Crippen LogP contribution in [-0.2, 0) is 0 Å². The minimum Gasteiger partial charge on any atom is -0.424 e. The molecular formula is C39H39N11O2. The van der Waals surface area contributed by atoms with Crippen LogP contribution in [0, 0.1) is 52.9 Å². The molecule has 13 nitrogen and oxygen atoms in total. The maximum atomic E-state index is 9.37. The smallest absolute Gasteiger partial charge is 0.328 e. The number of nitriles is 1. The summed E-state index contributed by atoms with van der Waals surface area (Å²) < 4.78 is 12.5. The highest BCUT2D eigenvalue weighted by Crippen LogP contribution is 2.31. The predicted octanol–water partition coefficient (Wildman–Crippen LogP) is 8.37. The van der Waals surface area contributed by atoms with Crippen LogP contribution in [0.25, 0.3) is 0 Å². The number of anilines is 6. The molecule has 0 aliphatic rings. The van der Waals surface area contributed by atoms with Gasteiger partial charge in [-0.2, -0.15) is 35.2 Å². The van der Waals surface area contributed by atoms with E-state index in [-0.39, 0.29) is 23.9 Å². The van der Waals surface area contributed by atoms with E-state index in [4.69, 9.17) is 9.47 Å². The van der Waals surface area contributed by atoms with E-state index >= 15 is 0 Å². The topological polar surface area (TPSA) is 168 Å². The Kier molecular flexibility index (Phi) is 10.7. The number of aromatic nitrogens is 6. The van der Waals surface area contributed by atoms with E-state index in [1.54, 1.807) is 18.2 Å². The van der Waals surface area contributed by atoms with Crippen molar-refractivity contribution in [3.8, 4) is 29.6 Å². The monoisotopic (exact) mass is 693 g/mol. The van der Waals surface area contributed by atoms with Gasteiger partial charge in [0.2, 0.25) is 23.8 Å². The molecule has 6 aromatic rings. The molecule has 0 amide bonds. The molecule has 52 heavy (non-hydrogen) atoms. The first kappa shape index (κ1) is 35.0. The van der Waals surface area contributed by atoms with Gasteiger partial charge in [-0.1, -0.05) is 59.7 Å². The summed E-state index contributed by atoms with van der Waals surface area (Å²) >= 11 is 0. The molecule has 0 unspecified atom stereocenters. The molecule has 4 N–H and O–H groups in total. The van der Waals surface area contributed by atoms with Crippen molar-refractivity contribution in [1.82, 2.24) is 29.9 Å². The van der Waals surface area contributed by atoms with Gasteiger partial charge < -0.3 is 30.7 Å². The van der Waals surface area contributed by atoms with Crippen molar-refractivity contribution in [2.75, 3.05) is 34.4 Å². The van der Waals surface area contributed by atoms with Crippen molar-refractivity contribution in [2.45, 2.75) is 41.5 Å². The van der Waals surface area contributed by atoms with Crippen LogP contribution in [0.4, 0.5) is 35.2 Å². The molecular weight excluding hydrogens is 655 g/mol. The Morgan fingerprint density at radius 1 is 0.519 bits per heavy atom. The van der Waals surface area contributed by atoms with Gasteiger partial charge >= 0.3 is 12.0 Å². The van der Waals surface area contributed by atoms with E-state index in [0.29, 0.717) is 47.7 Å².